The Morgan fingerprint density at radius 3 is 2.75 bits per heavy atom. The Morgan fingerprint density at radius 2 is 2.05 bits per heavy atom. The second-order valence-corrected chi connectivity index (χ2v) is 6.44. The van der Waals surface area contributed by atoms with Crippen molar-refractivity contribution in [2.24, 2.45) is 0 Å². The van der Waals surface area contributed by atoms with Gasteiger partial charge in [0, 0.05) is 16.8 Å². The van der Waals surface area contributed by atoms with Crippen LogP contribution in [0.2, 0.25) is 5.02 Å². The molecule has 102 valence electrons. The quantitative estimate of drug-likeness (QED) is 0.415. The van der Waals surface area contributed by atoms with Crippen molar-refractivity contribution in [2.45, 2.75) is 6.92 Å². The fourth-order valence-electron chi connectivity index (χ4n) is 2.08. The van der Waals surface area contributed by atoms with Gasteiger partial charge in [0.05, 0.1) is 14.6 Å². The highest BCUT2D eigenvalue weighted by molar-refractivity contribution is 14.1. The van der Waals surface area contributed by atoms with E-state index in [0.717, 1.165) is 16.8 Å². The van der Waals surface area contributed by atoms with Gasteiger partial charge in [0.15, 0.2) is 4.77 Å². The number of aromatic nitrogens is 2. The molecule has 1 aromatic heterocycles. The monoisotopic (exact) mass is 418 g/mol. The summed E-state index contributed by atoms with van der Waals surface area (Å²) in [7, 11) is 0. The number of halogens is 3. The molecule has 2 nitrogen and oxygen atoms in total. The predicted octanol–water partition coefficient (Wildman–Crippen LogP) is 5.39. The van der Waals surface area contributed by atoms with E-state index in [1.165, 1.54) is 6.07 Å². The van der Waals surface area contributed by atoms with Crippen molar-refractivity contribution in [3.8, 4) is 5.69 Å². The maximum absolute atomic E-state index is 13.8. The maximum Gasteiger partial charge on any atom is 0.182 e. The molecule has 0 atom stereocenters. The molecular weight excluding hydrogens is 410 g/mol. The molecule has 0 radical (unpaired) electrons. The number of nitrogens with zero attached hydrogens (tertiary/aromatic N) is 1. The van der Waals surface area contributed by atoms with Gasteiger partial charge in [0.25, 0.3) is 0 Å². The van der Waals surface area contributed by atoms with E-state index in [4.69, 9.17) is 23.8 Å². The molecule has 0 saturated heterocycles. The van der Waals surface area contributed by atoms with E-state index in [1.54, 1.807) is 10.6 Å². The Bertz CT molecular complexity index is 885. The second kappa shape index (κ2) is 5.13. The minimum Gasteiger partial charge on any atom is -0.330 e. The van der Waals surface area contributed by atoms with E-state index in [9.17, 15) is 4.39 Å². The van der Waals surface area contributed by atoms with E-state index >= 15 is 0 Å². The van der Waals surface area contributed by atoms with Gasteiger partial charge in [-0.3, -0.25) is 4.57 Å². The molecule has 6 heteroatoms. The first kappa shape index (κ1) is 14.0. The maximum atomic E-state index is 13.8. The number of benzene rings is 2. The molecule has 0 aliphatic carbocycles. The van der Waals surface area contributed by atoms with Gasteiger partial charge in [-0.2, -0.15) is 0 Å². The first-order valence-electron chi connectivity index (χ1n) is 5.83. The number of imidazole rings is 1. The zero-order chi connectivity index (χ0) is 14.4. The zero-order valence-corrected chi connectivity index (χ0v) is 14.1. The average Bonchev–Trinajstić information content (AvgIpc) is 2.69. The largest absolute Gasteiger partial charge is 0.330 e. The van der Waals surface area contributed by atoms with Gasteiger partial charge in [0.1, 0.15) is 5.82 Å². The molecule has 0 spiro atoms. The Kier molecular flexibility index (Phi) is 3.60. The van der Waals surface area contributed by atoms with Crippen LogP contribution in [0, 0.1) is 21.1 Å². The highest BCUT2D eigenvalue weighted by Gasteiger charge is 2.11. The number of nitrogens with one attached hydrogen (secondary N) is 1. The van der Waals surface area contributed by atoms with Crippen LogP contribution in [0.5, 0.6) is 0 Å². The molecule has 0 unspecified atom stereocenters. The summed E-state index contributed by atoms with van der Waals surface area (Å²) in [5, 5.41) is 0.657. The van der Waals surface area contributed by atoms with Gasteiger partial charge < -0.3 is 4.98 Å². The van der Waals surface area contributed by atoms with Crippen LogP contribution in [0.15, 0.2) is 30.3 Å². The molecule has 1 heterocycles. The summed E-state index contributed by atoms with van der Waals surface area (Å²) in [6, 6.07) is 8.89. The third kappa shape index (κ3) is 2.27. The Morgan fingerprint density at radius 1 is 1.30 bits per heavy atom. The standard InChI is InChI=1S/C14H9ClFIN2S/c1-7-2-3-8(4-9(7)15)19-13-5-10(16)11(17)6-12(13)18-14(19)20/h2-6H,1H3,(H,18,20). The molecule has 3 rings (SSSR count). The molecule has 0 amide bonds. The normalized spacial score (nSPS) is 11.2. The minimum absolute atomic E-state index is 0.265. The third-order valence-electron chi connectivity index (χ3n) is 3.14. The third-order valence-corrected chi connectivity index (χ3v) is 4.66. The van der Waals surface area contributed by atoms with Crippen molar-refractivity contribution in [2.75, 3.05) is 0 Å². The molecule has 0 fully saturated rings. The molecule has 0 aliphatic heterocycles. The zero-order valence-electron chi connectivity index (χ0n) is 10.4. The number of hydrogen-bond donors (Lipinski definition) is 1. The number of hydrogen-bond acceptors (Lipinski definition) is 1. The first-order chi connectivity index (χ1) is 9.47. The fraction of sp³-hybridized carbons (Fsp3) is 0.0714. The lowest BCUT2D eigenvalue weighted by Crippen LogP contribution is -1.95. The number of rotatable bonds is 1. The SMILES string of the molecule is Cc1ccc(-n2c(=S)[nH]c3cc(I)c(F)cc32)cc1Cl. The van der Waals surface area contributed by atoms with Crippen LogP contribution in [0.1, 0.15) is 5.56 Å². The van der Waals surface area contributed by atoms with E-state index in [0.29, 0.717) is 18.9 Å². The Hall–Kier alpha value is -0.920. The van der Waals surface area contributed by atoms with Gasteiger partial charge in [-0.25, -0.2) is 4.39 Å². The van der Waals surface area contributed by atoms with Crippen molar-refractivity contribution in [3.05, 3.63) is 55.1 Å². The van der Waals surface area contributed by atoms with Gasteiger partial charge in [-0.1, -0.05) is 17.7 Å². The summed E-state index contributed by atoms with van der Waals surface area (Å²) in [5.74, 6) is -0.265. The van der Waals surface area contributed by atoms with Gasteiger partial charge >= 0.3 is 0 Å². The lowest BCUT2D eigenvalue weighted by Gasteiger charge is -2.07. The van der Waals surface area contributed by atoms with Crippen molar-refractivity contribution in [3.63, 3.8) is 0 Å². The second-order valence-electron chi connectivity index (χ2n) is 4.48. The summed E-state index contributed by atoms with van der Waals surface area (Å²) in [4.78, 5) is 3.09. The minimum atomic E-state index is -0.265. The highest BCUT2D eigenvalue weighted by atomic mass is 127. The average molecular weight is 419 g/mol. The Labute approximate surface area is 138 Å². The molecule has 0 saturated carbocycles. The van der Waals surface area contributed by atoms with Crippen molar-refractivity contribution in [1.29, 1.82) is 0 Å². The predicted molar refractivity (Wildman–Crippen MR) is 90.9 cm³/mol. The summed E-state index contributed by atoms with van der Waals surface area (Å²) >= 11 is 13.5. The van der Waals surface area contributed by atoms with Crippen LogP contribution < -0.4 is 0 Å². The van der Waals surface area contributed by atoms with Crippen molar-refractivity contribution < 1.29 is 4.39 Å². The summed E-state index contributed by atoms with van der Waals surface area (Å²) in [6.07, 6.45) is 0. The summed E-state index contributed by atoms with van der Waals surface area (Å²) in [6.45, 7) is 1.93. The van der Waals surface area contributed by atoms with Gasteiger partial charge in [-0.15, -0.1) is 0 Å². The smallest absolute Gasteiger partial charge is 0.182 e. The Balaban J connectivity index is 2.35. The number of H-pyrrole nitrogens is 1. The van der Waals surface area contributed by atoms with Crippen LogP contribution in [-0.2, 0) is 0 Å². The summed E-state index contributed by atoms with van der Waals surface area (Å²) in [5.41, 5.74) is 3.31. The van der Waals surface area contributed by atoms with Gasteiger partial charge in [-0.05, 0) is 65.5 Å². The fourth-order valence-corrected chi connectivity index (χ4v) is 3.03. The van der Waals surface area contributed by atoms with E-state index in [2.05, 4.69) is 4.98 Å². The molecule has 20 heavy (non-hydrogen) atoms. The molecule has 2 aromatic carbocycles. The van der Waals surface area contributed by atoms with E-state index < -0.39 is 0 Å². The van der Waals surface area contributed by atoms with E-state index in [-0.39, 0.29) is 5.82 Å². The molecular formula is C14H9ClFIN2S. The lowest BCUT2D eigenvalue weighted by molar-refractivity contribution is 0.622. The van der Waals surface area contributed by atoms with Crippen LogP contribution >= 0.6 is 46.4 Å². The van der Waals surface area contributed by atoms with Gasteiger partial charge in [0.2, 0.25) is 0 Å². The first-order valence-corrected chi connectivity index (χ1v) is 7.70. The topological polar surface area (TPSA) is 20.7 Å². The number of fused-ring (bicyclic) bond motifs is 1. The molecule has 3 aromatic rings. The highest BCUT2D eigenvalue weighted by Crippen LogP contribution is 2.26. The van der Waals surface area contributed by atoms with Crippen LogP contribution in [-0.4, -0.2) is 9.55 Å². The summed E-state index contributed by atoms with van der Waals surface area (Å²) < 4.78 is 16.7. The van der Waals surface area contributed by atoms with Crippen LogP contribution in [0.25, 0.3) is 16.7 Å². The van der Waals surface area contributed by atoms with Crippen molar-refractivity contribution >= 4 is 57.4 Å². The van der Waals surface area contributed by atoms with Crippen molar-refractivity contribution in [1.82, 2.24) is 9.55 Å². The van der Waals surface area contributed by atoms with Crippen LogP contribution in [0.4, 0.5) is 4.39 Å². The molecule has 0 aliphatic rings. The molecule has 1 N–H and O–H groups in total. The number of aryl methyl sites for hydroxylation is 1. The van der Waals surface area contributed by atoms with Crippen LogP contribution in [0.3, 0.4) is 0 Å². The molecule has 0 bridgehead atoms. The van der Waals surface area contributed by atoms with E-state index in [1.807, 2.05) is 47.7 Å². The lowest BCUT2D eigenvalue weighted by atomic mass is 10.2. The number of aromatic amines is 1.